The van der Waals surface area contributed by atoms with Crippen LogP contribution in [0.2, 0.25) is 0 Å². The Morgan fingerprint density at radius 2 is 1.79 bits per heavy atom. The van der Waals surface area contributed by atoms with Crippen LogP contribution >= 0.6 is 0 Å². The lowest BCUT2D eigenvalue weighted by Gasteiger charge is -2.03. The largest absolute Gasteiger partial charge is 0.478 e. The highest BCUT2D eigenvalue weighted by Gasteiger charge is 1.95. The summed E-state index contributed by atoms with van der Waals surface area (Å²) in [6.45, 7) is 1.48. The van der Waals surface area contributed by atoms with Gasteiger partial charge in [-0.2, -0.15) is 0 Å². The Morgan fingerprint density at radius 3 is 2.33 bits per heavy atom. The number of nitrogens with one attached hydrogen (secondary N) is 1. The lowest BCUT2D eigenvalue weighted by atomic mass is 10.2. The van der Waals surface area contributed by atoms with Gasteiger partial charge in [0, 0.05) is 30.6 Å². The van der Waals surface area contributed by atoms with Crippen molar-refractivity contribution in [3.8, 4) is 0 Å². The number of ether oxygens (including phenoxy) is 1. The monoisotopic (exact) mass is 332 g/mol. The lowest BCUT2D eigenvalue weighted by Crippen LogP contribution is -1.97. The van der Waals surface area contributed by atoms with Crippen molar-refractivity contribution in [3.63, 3.8) is 0 Å². The molecule has 0 aliphatic rings. The normalized spacial score (nSPS) is 10.2. The number of hydrogen-bond donors (Lipinski definition) is 3. The molecule has 0 saturated heterocycles. The summed E-state index contributed by atoms with van der Waals surface area (Å²) in [5.41, 5.74) is 2.40. The van der Waals surface area contributed by atoms with Crippen molar-refractivity contribution in [1.82, 2.24) is 9.97 Å². The third-order valence-corrected chi connectivity index (χ3v) is 2.77. The molecule has 0 amide bonds. The number of rotatable bonds is 8. The summed E-state index contributed by atoms with van der Waals surface area (Å²) in [6.07, 6.45) is 6.70. The van der Waals surface area contributed by atoms with Gasteiger partial charge >= 0.3 is 11.9 Å². The minimum absolute atomic E-state index is 0.558. The molecule has 0 spiro atoms. The maximum atomic E-state index is 9.55. The number of carbonyl (C=O) groups is 2. The molecule has 1 heterocycles. The van der Waals surface area contributed by atoms with E-state index in [1.54, 1.807) is 6.33 Å². The molecular weight excluding hydrogens is 312 g/mol. The summed E-state index contributed by atoms with van der Waals surface area (Å²) in [5, 5.41) is 15.6. The molecule has 1 aromatic carbocycles. The van der Waals surface area contributed by atoms with E-state index in [4.69, 9.17) is 14.9 Å². The van der Waals surface area contributed by atoms with E-state index in [1.165, 1.54) is 11.3 Å². The fourth-order valence-corrected chi connectivity index (χ4v) is 1.69. The van der Waals surface area contributed by atoms with Gasteiger partial charge in [-0.15, -0.1) is 0 Å². The van der Waals surface area contributed by atoms with Crippen molar-refractivity contribution >= 4 is 11.9 Å². The molecule has 0 saturated carbocycles. The molecule has 0 unspecified atom stereocenters. The summed E-state index contributed by atoms with van der Waals surface area (Å²) in [5.74, 6) is -2.51. The third kappa shape index (κ3) is 9.91. The Bertz CT molecular complexity index is 608. The van der Waals surface area contributed by atoms with E-state index in [9.17, 15) is 9.59 Å². The van der Waals surface area contributed by atoms with Crippen molar-refractivity contribution in [2.75, 3.05) is 6.61 Å². The van der Waals surface area contributed by atoms with Crippen molar-refractivity contribution in [2.24, 2.45) is 0 Å². The van der Waals surface area contributed by atoms with Crippen molar-refractivity contribution < 1.29 is 24.5 Å². The van der Waals surface area contributed by atoms with Crippen LogP contribution < -0.4 is 0 Å². The van der Waals surface area contributed by atoms with Crippen molar-refractivity contribution in [2.45, 2.75) is 19.4 Å². The summed E-state index contributed by atoms with van der Waals surface area (Å²) in [4.78, 5) is 26.2. The highest BCUT2D eigenvalue weighted by Crippen LogP contribution is 2.02. The Hall–Kier alpha value is -2.93. The van der Waals surface area contributed by atoms with Gasteiger partial charge in [0.15, 0.2) is 0 Å². The van der Waals surface area contributed by atoms with E-state index in [0.29, 0.717) is 18.8 Å². The van der Waals surface area contributed by atoms with Crippen LogP contribution in [0.15, 0.2) is 55.0 Å². The molecule has 2 aromatic rings. The molecule has 24 heavy (non-hydrogen) atoms. The van der Waals surface area contributed by atoms with E-state index in [-0.39, 0.29) is 0 Å². The van der Waals surface area contributed by atoms with Crippen LogP contribution in [0.1, 0.15) is 17.7 Å². The molecule has 3 N–H and O–H groups in total. The second-order valence-electron chi connectivity index (χ2n) is 4.73. The first-order valence-corrected chi connectivity index (χ1v) is 7.31. The van der Waals surface area contributed by atoms with E-state index in [0.717, 1.165) is 19.4 Å². The second-order valence-corrected chi connectivity index (χ2v) is 4.73. The van der Waals surface area contributed by atoms with Crippen LogP contribution in [0, 0.1) is 0 Å². The minimum atomic E-state index is -1.26. The van der Waals surface area contributed by atoms with E-state index < -0.39 is 11.9 Å². The molecular formula is C17H20N2O5. The standard InChI is InChI=1S/C13H16N2O.C4H4O4/c1-2-5-12(6-3-1)10-16-8-4-7-13-9-14-11-15-13;5-3(6)1-2-4(7)8/h1-3,5-6,9,11H,4,7-8,10H2,(H,14,15);1-2H,(H,5,6)(H,7,8). The van der Waals surface area contributed by atoms with Gasteiger partial charge in [0.2, 0.25) is 0 Å². The molecule has 0 aliphatic carbocycles. The maximum absolute atomic E-state index is 9.55. The zero-order chi connectivity index (χ0) is 17.6. The van der Waals surface area contributed by atoms with Crippen molar-refractivity contribution in [3.05, 3.63) is 66.3 Å². The van der Waals surface area contributed by atoms with Gasteiger partial charge in [0.05, 0.1) is 12.9 Å². The van der Waals surface area contributed by atoms with Gasteiger partial charge in [-0.1, -0.05) is 30.3 Å². The average Bonchev–Trinajstić information content (AvgIpc) is 3.08. The predicted octanol–water partition coefficient (Wildman–Crippen LogP) is 2.27. The number of carboxylic acid groups (broad SMARTS) is 2. The number of aliphatic carboxylic acids is 2. The smallest absolute Gasteiger partial charge is 0.328 e. The molecule has 2 rings (SSSR count). The van der Waals surface area contributed by atoms with Gasteiger partial charge in [0.25, 0.3) is 0 Å². The molecule has 7 heteroatoms. The van der Waals surface area contributed by atoms with E-state index >= 15 is 0 Å². The number of aryl methyl sites for hydroxylation is 1. The Kier molecular flexibility index (Phi) is 9.25. The number of benzene rings is 1. The fraction of sp³-hybridized carbons (Fsp3) is 0.235. The predicted molar refractivity (Wildman–Crippen MR) is 87.4 cm³/mol. The minimum Gasteiger partial charge on any atom is -0.478 e. The Morgan fingerprint density at radius 1 is 1.12 bits per heavy atom. The third-order valence-electron chi connectivity index (χ3n) is 2.77. The SMILES string of the molecule is O=C(O)C=CC(=O)O.c1ccc(COCCCc2cnc[nH]2)cc1. The first kappa shape index (κ1) is 19.1. The number of carboxylic acids is 2. The fourth-order valence-electron chi connectivity index (χ4n) is 1.69. The zero-order valence-corrected chi connectivity index (χ0v) is 13.1. The molecule has 0 fully saturated rings. The Labute approximate surface area is 139 Å². The first-order chi connectivity index (χ1) is 11.6. The van der Waals surface area contributed by atoms with Crippen LogP contribution in [-0.4, -0.2) is 38.7 Å². The first-order valence-electron chi connectivity index (χ1n) is 7.31. The highest BCUT2D eigenvalue weighted by atomic mass is 16.5. The summed E-state index contributed by atoms with van der Waals surface area (Å²) < 4.78 is 5.58. The van der Waals surface area contributed by atoms with Gasteiger partial charge in [-0.3, -0.25) is 0 Å². The average molecular weight is 332 g/mol. The number of hydrogen-bond acceptors (Lipinski definition) is 4. The van der Waals surface area contributed by atoms with E-state index in [2.05, 4.69) is 22.1 Å². The van der Waals surface area contributed by atoms with Crippen LogP contribution in [0.25, 0.3) is 0 Å². The Balaban J connectivity index is 0.000000307. The van der Waals surface area contributed by atoms with E-state index in [1.807, 2.05) is 24.4 Å². The molecule has 0 radical (unpaired) electrons. The van der Waals surface area contributed by atoms with Crippen LogP contribution in [0.3, 0.4) is 0 Å². The number of H-pyrrole nitrogens is 1. The topological polar surface area (TPSA) is 113 Å². The van der Waals surface area contributed by atoms with Gasteiger partial charge in [-0.25, -0.2) is 14.6 Å². The highest BCUT2D eigenvalue weighted by molar-refractivity contribution is 5.89. The number of imidazole rings is 1. The van der Waals surface area contributed by atoms with Crippen LogP contribution in [-0.2, 0) is 27.4 Å². The summed E-state index contributed by atoms with van der Waals surface area (Å²) in [6, 6.07) is 10.2. The zero-order valence-electron chi connectivity index (χ0n) is 13.1. The van der Waals surface area contributed by atoms with Crippen LogP contribution in [0.5, 0.6) is 0 Å². The lowest BCUT2D eigenvalue weighted by molar-refractivity contribution is -0.134. The molecule has 0 atom stereocenters. The quantitative estimate of drug-likeness (QED) is 0.505. The molecule has 0 aliphatic heterocycles. The number of aromatic amines is 1. The molecule has 0 bridgehead atoms. The number of nitrogens with zero attached hydrogens (tertiary/aromatic N) is 1. The number of aromatic nitrogens is 2. The molecule has 1 aromatic heterocycles. The molecule has 128 valence electrons. The second kappa shape index (κ2) is 11.6. The van der Waals surface area contributed by atoms with Crippen LogP contribution in [0.4, 0.5) is 0 Å². The maximum Gasteiger partial charge on any atom is 0.328 e. The molecule has 7 nitrogen and oxygen atoms in total. The van der Waals surface area contributed by atoms with Crippen molar-refractivity contribution in [1.29, 1.82) is 0 Å². The summed E-state index contributed by atoms with van der Waals surface area (Å²) >= 11 is 0. The van der Waals surface area contributed by atoms with Gasteiger partial charge < -0.3 is 19.9 Å². The van der Waals surface area contributed by atoms with Gasteiger partial charge in [-0.05, 0) is 18.4 Å². The summed E-state index contributed by atoms with van der Waals surface area (Å²) in [7, 11) is 0. The van der Waals surface area contributed by atoms with Gasteiger partial charge in [0.1, 0.15) is 0 Å².